The van der Waals surface area contributed by atoms with E-state index in [-0.39, 0.29) is 17.5 Å². The summed E-state index contributed by atoms with van der Waals surface area (Å²) >= 11 is 0. The molecular formula is C19H21N3O4S. The number of benzene rings is 1. The van der Waals surface area contributed by atoms with Gasteiger partial charge in [0.25, 0.3) is 5.71 Å². The van der Waals surface area contributed by atoms with Crippen LogP contribution in [0.3, 0.4) is 0 Å². The van der Waals surface area contributed by atoms with Crippen LogP contribution in [0.25, 0.3) is 22.4 Å². The topological polar surface area (TPSA) is 85.5 Å². The molecular weight excluding hydrogens is 366 g/mol. The number of ether oxygens (including phenoxy) is 1. The van der Waals surface area contributed by atoms with Gasteiger partial charge in [0.05, 0.1) is 23.8 Å². The van der Waals surface area contributed by atoms with Gasteiger partial charge in [-0.2, -0.15) is 4.31 Å². The average molecular weight is 387 g/mol. The Kier molecular flexibility index (Phi) is 4.29. The van der Waals surface area contributed by atoms with Gasteiger partial charge in [-0.3, -0.25) is 0 Å². The van der Waals surface area contributed by atoms with Crippen LogP contribution in [-0.2, 0) is 14.8 Å². The van der Waals surface area contributed by atoms with E-state index in [4.69, 9.17) is 9.26 Å². The molecule has 8 heteroatoms. The Hall–Kier alpha value is -2.29. The Labute approximate surface area is 158 Å². The normalized spacial score (nSPS) is 20.8. The first kappa shape index (κ1) is 18.1. The minimum absolute atomic E-state index is 0.125. The van der Waals surface area contributed by atoms with E-state index in [9.17, 15) is 8.42 Å². The number of hydrogen-bond acceptors (Lipinski definition) is 6. The molecule has 0 N–H and O–H groups in total. The van der Waals surface area contributed by atoms with Gasteiger partial charge in [-0.25, -0.2) is 13.4 Å². The Morgan fingerprint density at radius 1 is 1.22 bits per heavy atom. The van der Waals surface area contributed by atoms with Crippen molar-refractivity contribution in [1.29, 1.82) is 0 Å². The van der Waals surface area contributed by atoms with Gasteiger partial charge < -0.3 is 9.26 Å². The Bertz CT molecular complexity index is 1080. The predicted octanol–water partition coefficient (Wildman–Crippen LogP) is 3.08. The molecule has 0 spiro atoms. The molecule has 4 rings (SSSR count). The molecule has 1 saturated heterocycles. The predicted molar refractivity (Wildman–Crippen MR) is 101 cm³/mol. The van der Waals surface area contributed by atoms with Gasteiger partial charge in [0, 0.05) is 18.2 Å². The maximum atomic E-state index is 13.3. The molecule has 0 amide bonds. The molecule has 3 aromatic rings. The SMILES string of the molecule is C[C@H]1COC(C)(C)CN1S(=O)(=O)c1cnc2onc(-c3ccccc3)c2c1. The van der Waals surface area contributed by atoms with Crippen LogP contribution >= 0.6 is 0 Å². The van der Waals surface area contributed by atoms with Crippen LogP contribution < -0.4 is 0 Å². The number of hydrogen-bond donors (Lipinski definition) is 0. The smallest absolute Gasteiger partial charge is 0.258 e. The van der Waals surface area contributed by atoms with Gasteiger partial charge in [0.15, 0.2) is 0 Å². The summed E-state index contributed by atoms with van der Waals surface area (Å²) in [4.78, 5) is 4.31. The lowest BCUT2D eigenvalue weighted by Gasteiger charge is -2.41. The van der Waals surface area contributed by atoms with Crippen LogP contribution in [0.2, 0.25) is 0 Å². The molecule has 0 bridgehead atoms. The highest BCUT2D eigenvalue weighted by Crippen LogP contribution is 2.31. The second-order valence-corrected chi connectivity index (χ2v) is 9.28. The molecule has 0 aliphatic carbocycles. The molecule has 0 saturated carbocycles. The molecule has 2 aromatic heterocycles. The number of sulfonamides is 1. The molecule has 0 unspecified atom stereocenters. The van der Waals surface area contributed by atoms with Crippen molar-refractivity contribution in [2.75, 3.05) is 13.2 Å². The van der Waals surface area contributed by atoms with Crippen molar-refractivity contribution in [3.8, 4) is 11.3 Å². The summed E-state index contributed by atoms with van der Waals surface area (Å²) in [5, 5.41) is 4.65. The zero-order chi connectivity index (χ0) is 19.2. The summed E-state index contributed by atoms with van der Waals surface area (Å²) in [7, 11) is -3.73. The van der Waals surface area contributed by atoms with Crippen molar-refractivity contribution >= 4 is 21.1 Å². The first-order chi connectivity index (χ1) is 12.8. The maximum Gasteiger partial charge on any atom is 0.258 e. The third-order valence-electron chi connectivity index (χ3n) is 4.70. The van der Waals surface area contributed by atoms with Crippen molar-refractivity contribution in [2.24, 2.45) is 0 Å². The fraction of sp³-hybridized carbons (Fsp3) is 0.368. The molecule has 27 heavy (non-hydrogen) atoms. The molecule has 142 valence electrons. The van der Waals surface area contributed by atoms with E-state index < -0.39 is 15.6 Å². The average Bonchev–Trinajstić information content (AvgIpc) is 3.07. The van der Waals surface area contributed by atoms with Gasteiger partial charge in [-0.1, -0.05) is 35.5 Å². The largest absolute Gasteiger partial charge is 0.373 e. The van der Waals surface area contributed by atoms with Crippen molar-refractivity contribution < 1.29 is 17.7 Å². The number of pyridine rings is 1. The first-order valence-electron chi connectivity index (χ1n) is 8.75. The van der Waals surface area contributed by atoms with Crippen molar-refractivity contribution in [1.82, 2.24) is 14.4 Å². The third-order valence-corrected chi connectivity index (χ3v) is 6.63. The number of nitrogens with zero attached hydrogens (tertiary/aromatic N) is 3. The molecule has 0 radical (unpaired) electrons. The fourth-order valence-electron chi connectivity index (χ4n) is 3.22. The van der Waals surface area contributed by atoms with E-state index in [0.29, 0.717) is 23.4 Å². The summed E-state index contributed by atoms with van der Waals surface area (Å²) in [5.41, 5.74) is 1.19. The first-order valence-corrected chi connectivity index (χ1v) is 10.2. The Morgan fingerprint density at radius 3 is 2.70 bits per heavy atom. The molecule has 1 aliphatic rings. The van der Waals surface area contributed by atoms with Gasteiger partial charge in [-0.05, 0) is 26.8 Å². The van der Waals surface area contributed by atoms with Crippen LogP contribution in [0, 0.1) is 0 Å². The van der Waals surface area contributed by atoms with E-state index >= 15 is 0 Å². The minimum atomic E-state index is -3.73. The van der Waals surface area contributed by atoms with Crippen molar-refractivity contribution in [3.05, 3.63) is 42.6 Å². The van der Waals surface area contributed by atoms with E-state index in [2.05, 4.69) is 10.1 Å². The van der Waals surface area contributed by atoms with Gasteiger partial charge >= 0.3 is 0 Å². The van der Waals surface area contributed by atoms with Crippen LogP contribution in [-0.4, -0.2) is 47.7 Å². The molecule has 7 nitrogen and oxygen atoms in total. The molecule has 3 heterocycles. The summed E-state index contributed by atoms with van der Waals surface area (Å²) in [6.07, 6.45) is 1.33. The van der Waals surface area contributed by atoms with Gasteiger partial charge in [0.1, 0.15) is 10.6 Å². The fourth-order valence-corrected chi connectivity index (χ4v) is 4.96. The lowest BCUT2D eigenvalue weighted by atomic mass is 10.1. The molecule has 1 aromatic carbocycles. The highest BCUT2D eigenvalue weighted by Gasteiger charge is 2.39. The zero-order valence-corrected chi connectivity index (χ0v) is 16.2. The Morgan fingerprint density at radius 2 is 1.96 bits per heavy atom. The monoisotopic (exact) mass is 387 g/mol. The number of rotatable bonds is 3. The molecule has 1 atom stereocenters. The van der Waals surface area contributed by atoms with Gasteiger partial charge in [-0.15, -0.1) is 0 Å². The highest BCUT2D eigenvalue weighted by molar-refractivity contribution is 7.89. The second kappa shape index (κ2) is 6.40. The minimum Gasteiger partial charge on any atom is -0.373 e. The van der Waals surface area contributed by atoms with Crippen LogP contribution in [0.1, 0.15) is 20.8 Å². The summed E-state index contributed by atoms with van der Waals surface area (Å²) in [6, 6.07) is 10.8. The summed E-state index contributed by atoms with van der Waals surface area (Å²) in [5.74, 6) is 0. The van der Waals surface area contributed by atoms with Crippen LogP contribution in [0.5, 0.6) is 0 Å². The van der Waals surface area contributed by atoms with E-state index in [1.807, 2.05) is 51.1 Å². The number of morpholine rings is 1. The quantitative estimate of drug-likeness (QED) is 0.687. The molecule has 1 aliphatic heterocycles. The van der Waals surface area contributed by atoms with Gasteiger partial charge in [0.2, 0.25) is 10.0 Å². The van der Waals surface area contributed by atoms with E-state index in [0.717, 1.165) is 5.56 Å². The highest BCUT2D eigenvalue weighted by atomic mass is 32.2. The lowest BCUT2D eigenvalue weighted by Crippen LogP contribution is -2.54. The Balaban J connectivity index is 1.79. The third kappa shape index (κ3) is 3.24. The van der Waals surface area contributed by atoms with Crippen molar-refractivity contribution in [2.45, 2.75) is 37.3 Å². The van der Waals surface area contributed by atoms with E-state index in [1.54, 1.807) is 6.07 Å². The molecule has 1 fully saturated rings. The number of aromatic nitrogens is 2. The summed E-state index contributed by atoms with van der Waals surface area (Å²) in [6.45, 7) is 6.24. The second-order valence-electron chi connectivity index (χ2n) is 7.39. The number of fused-ring (bicyclic) bond motifs is 1. The standard InChI is InChI=1S/C19H21N3O4S/c1-13-11-25-19(2,3)12-22(13)27(23,24)15-9-16-17(14-7-5-4-6-8-14)21-26-18(16)20-10-15/h4-10,13H,11-12H2,1-3H3/t13-/m0/s1. The van der Waals surface area contributed by atoms with E-state index in [1.165, 1.54) is 10.5 Å². The lowest BCUT2D eigenvalue weighted by molar-refractivity contribution is -0.0849. The maximum absolute atomic E-state index is 13.3. The zero-order valence-electron chi connectivity index (χ0n) is 15.4. The van der Waals surface area contributed by atoms with Crippen LogP contribution in [0.15, 0.2) is 52.0 Å². The van der Waals surface area contributed by atoms with Crippen LogP contribution in [0.4, 0.5) is 0 Å². The van der Waals surface area contributed by atoms with Crippen molar-refractivity contribution in [3.63, 3.8) is 0 Å². The summed E-state index contributed by atoms with van der Waals surface area (Å²) < 4.78 is 39.0.